The van der Waals surface area contributed by atoms with Crippen LogP contribution < -0.4 is 0 Å². The standard InChI is InChI=1S/C16H11ClF3NS/c17-12-6-7-13-14(8-12)21(9-11-4-2-1-3-5-11)10-15(13)22-16(18,19)20/h1-8,10H,9H2. The zero-order chi connectivity index (χ0) is 15.7. The molecule has 0 saturated carbocycles. The van der Waals surface area contributed by atoms with Crippen molar-refractivity contribution in [3.63, 3.8) is 0 Å². The van der Waals surface area contributed by atoms with Crippen LogP contribution in [0.2, 0.25) is 5.02 Å². The van der Waals surface area contributed by atoms with Gasteiger partial charge in [0.15, 0.2) is 0 Å². The van der Waals surface area contributed by atoms with Gasteiger partial charge in [-0.05, 0) is 29.5 Å². The highest BCUT2D eigenvalue weighted by atomic mass is 35.5. The molecule has 0 radical (unpaired) electrons. The molecule has 3 rings (SSSR count). The summed E-state index contributed by atoms with van der Waals surface area (Å²) in [5.41, 5.74) is -2.60. The van der Waals surface area contributed by atoms with Gasteiger partial charge >= 0.3 is 5.51 Å². The fourth-order valence-corrected chi connectivity index (χ4v) is 3.23. The van der Waals surface area contributed by atoms with E-state index in [9.17, 15) is 13.2 Å². The molecule has 0 amide bonds. The van der Waals surface area contributed by atoms with Gasteiger partial charge in [0.1, 0.15) is 0 Å². The molecule has 0 unspecified atom stereocenters. The lowest BCUT2D eigenvalue weighted by atomic mass is 10.2. The summed E-state index contributed by atoms with van der Waals surface area (Å²) >= 11 is 5.90. The van der Waals surface area contributed by atoms with Gasteiger partial charge in [0.05, 0.1) is 5.52 Å². The molecule has 114 valence electrons. The minimum atomic E-state index is -4.31. The van der Waals surface area contributed by atoms with Crippen LogP contribution >= 0.6 is 23.4 Å². The van der Waals surface area contributed by atoms with E-state index in [1.165, 1.54) is 6.20 Å². The van der Waals surface area contributed by atoms with E-state index in [0.717, 1.165) is 5.56 Å². The lowest BCUT2D eigenvalue weighted by Crippen LogP contribution is -1.99. The molecule has 0 bridgehead atoms. The molecular weight excluding hydrogens is 331 g/mol. The molecule has 0 N–H and O–H groups in total. The maximum Gasteiger partial charge on any atom is 0.446 e. The van der Waals surface area contributed by atoms with Crippen LogP contribution in [-0.2, 0) is 6.54 Å². The molecule has 2 aromatic carbocycles. The maximum absolute atomic E-state index is 12.7. The number of thioether (sulfide) groups is 1. The predicted octanol–water partition coefficient (Wildman–Crippen LogP) is 5.95. The highest BCUT2D eigenvalue weighted by Crippen LogP contribution is 2.41. The van der Waals surface area contributed by atoms with Crippen molar-refractivity contribution >= 4 is 34.3 Å². The van der Waals surface area contributed by atoms with Crippen LogP contribution in [0.1, 0.15) is 5.56 Å². The van der Waals surface area contributed by atoms with Crippen molar-refractivity contribution in [2.75, 3.05) is 0 Å². The molecule has 1 heterocycles. The molecule has 1 aromatic heterocycles. The summed E-state index contributed by atoms with van der Waals surface area (Å²) in [6.07, 6.45) is 1.53. The first kappa shape index (κ1) is 15.3. The van der Waals surface area contributed by atoms with E-state index in [1.807, 2.05) is 30.3 Å². The van der Waals surface area contributed by atoms with Gasteiger partial charge in [-0.2, -0.15) is 13.2 Å². The molecule has 0 saturated heterocycles. The van der Waals surface area contributed by atoms with Gasteiger partial charge in [-0.1, -0.05) is 48.0 Å². The van der Waals surface area contributed by atoms with Crippen LogP contribution in [0, 0.1) is 0 Å². The van der Waals surface area contributed by atoms with Crippen molar-refractivity contribution in [2.45, 2.75) is 16.9 Å². The first-order valence-corrected chi connectivity index (χ1v) is 7.70. The van der Waals surface area contributed by atoms with E-state index < -0.39 is 5.51 Å². The van der Waals surface area contributed by atoms with E-state index in [-0.39, 0.29) is 16.7 Å². The number of benzene rings is 2. The second kappa shape index (κ2) is 5.89. The summed E-state index contributed by atoms with van der Waals surface area (Å²) in [6.45, 7) is 0.496. The second-order valence-corrected chi connectivity index (χ2v) is 6.36. The van der Waals surface area contributed by atoms with Crippen molar-refractivity contribution in [3.05, 3.63) is 65.3 Å². The topological polar surface area (TPSA) is 4.93 Å². The lowest BCUT2D eigenvalue weighted by Gasteiger charge is -2.05. The fraction of sp³-hybridized carbons (Fsp3) is 0.125. The van der Waals surface area contributed by atoms with Crippen LogP contribution in [0.5, 0.6) is 0 Å². The van der Waals surface area contributed by atoms with Gasteiger partial charge in [-0.25, -0.2) is 0 Å². The third-order valence-electron chi connectivity index (χ3n) is 3.23. The highest BCUT2D eigenvalue weighted by molar-refractivity contribution is 8.00. The Morgan fingerprint density at radius 1 is 1.05 bits per heavy atom. The Kier molecular flexibility index (Phi) is 4.10. The monoisotopic (exact) mass is 341 g/mol. The summed E-state index contributed by atoms with van der Waals surface area (Å²) in [4.78, 5) is 0.190. The molecule has 0 spiro atoms. The summed E-state index contributed by atoms with van der Waals surface area (Å²) in [5.74, 6) is 0. The van der Waals surface area contributed by atoms with Gasteiger partial charge in [0.25, 0.3) is 0 Å². The highest BCUT2D eigenvalue weighted by Gasteiger charge is 2.31. The zero-order valence-corrected chi connectivity index (χ0v) is 12.8. The minimum Gasteiger partial charge on any atom is -0.342 e. The quantitative estimate of drug-likeness (QED) is 0.532. The van der Waals surface area contributed by atoms with Gasteiger partial charge < -0.3 is 4.57 Å². The molecule has 1 nitrogen and oxygen atoms in total. The second-order valence-electron chi connectivity index (χ2n) is 4.82. The maximum atomic E-state index is 12.7. The first-order chi connectivity index (χ1) is 10.4. The number of nitrogens with zero attached hydrogens (tertiary/aromatic N) is 1. The molecular formula is C16H11ClF3NS. The van der Waals surface area contributed by atoms with Crippen LogP contribution in [-0.4, -0.2) is 10.1 Å². The van der Waals surface area contributed by atoms with Crippen molar-refractivity contribution < 1.29 is 13.2 Å². The molecule has 22 heavy (non-hydrogen) atoms. The number of fused-ring (bicyclic) bond motifs is 1. The Morgan fingerprint density at radius 2 is 1.77 bits per heavy atom. The smallest absolute Gasteiger partial charge is 0.342 e. The van der Waals surface area contributed by atoms with Crippen molar-refractivity contribution in [3.8, 4) is 0 Å². The minimum absolute atomic E-state index is 0.0964. The largest absolute Gasteiger partial charge is 0.446 e. The first-order valence-electron chi connectivity index (χ1n) is 6.50. The Bertz CT molecular complexity index is 796. The number of alkyl halides is 3. The van der Waals surface area contributed by atoms with Crippen LogP contribution in [0.3, 0.4) is 0 Å². The molecule has 3 aromatic rings. The van der Waals surface area contributed by atoms with E-state index in [0.29, 0.717) is 22.5 Å². The van der Waals surface area contributed by atoms with Crippen molar-refractivity contribution in [2.24, 2.45) is 0 Å². The number of hydrogen-bond acceptors (Lipinski definition) is 1. The van der Waals surface area contributed by atoms with Gasteiger partial charge in [0, 0.05) is 28.0 Å². The van der Waals surface area contributed by atoms with E-state index in [1.54, 1.807) is 22.8 Å². The molecule has 0 atom stereocenters. The SMILES string of the molecule is FC(F)(F)Sc1cn(Cc2ccccc2)c2cc(Cl)ccc12. The van der Waals surface area contributed by atoms with Gasteiger partial charge in [0.2, 0.25) is 0 Å². The normalized spacial score (nSPS) is 12.0. The number of rotatable bonds is 3. The third-order valence-corrected chi connectivity index (χ3v) is 4.24. The lowest BCUT2D eigenvalue weighted by molar-refractivity contribution is -0.0327. The summed E-state index contributed by atoms with van der Waals surface area (Å²) in [7, 11) is 0. The molecule has 0 aliphatic carbocycles. The number of aromatic nitrogens is 1. The molecule has 0 fully saturated rings. The number of hydrogen-bond donors (Lipinski definition) is 0. The van der Waals surface area contributed by atoms with Crippen molar-refractivity contribution in [1.29, 1.82) is 0 Å². The summed E-state index contributed by atoms with van der Waals surface area (Å²) in [5, 5.41) is 1.06. The van der Waals surface area contributed by atoms with Crippen LogP contribution in [0.25, 0.3) is 10.9 Å². The van der Waals surface area contributed by atoms with Crippen LogP contribution in [0.4, 0.5) is 13.2 Å². The third kappa shape index (κ3) is 3.42. The Hall–Kier alpha value is -1.59. The van der Waals surface area contributed by atoms with Crippen LogP contribution in [0.15, 0.2) is 59.6 Å². The predicted molar refractivity (Wildman–Crippen MR) is 84.4 cm³/mol. The molecule has 6 heteroatoms. The average molecular weight is 342 g/mol. The van der Waals surface area contributed by atoms with E-state index >= 15 is 0 Å². The zero-order valence-electron chi connectivity index (χ0n) is 11.3. The van der Waals surface area contributed by atoms with Crippen molar-refractivity contribution in [1.82, 2.24) is 4.57 Å². The Balaban J connectivity index is 2.07. The average Bonchev–Trinajstić information content (AvgIpc) is 2.75. The Morgan fingerprint density at radius 3 is 2.45 bits per heavy atom. The fourth-order valence-electron chi connectivity index (χ4n) is 2.35. The molecule has 0 aliphatic heterocycles. The van der Waals surface area contributed by atoms with E-state index in [2.05, 4.69) is 0 Å². The Labute approximate surface area is 134 Å². The molecule has 0 aliphatic rings. The van der Waals surface area contributed by atoms with Gasteiger partial charge in [-0.15, -0.1) is 0 Å². The summed E-state index contributed by atoms with van der Waals surface area (Å²) in [6, 6.07) is 14.5. The van der Waals surface area contributed by atoms with E-state index in [4.69, 9.17) is 11.6 Å². The van der Waals surface area contributed by atoms with Gasteiger partial charge in [-0.3, -0.25) is 0 Å². The summed E-state index contributed by atoms with van der Waals surface area (Å²) < 4.78 is 39.9. The number of halogens is 4.